The van der Waals surface area contributed by atoms with Crippen molar-refractivity contribution in [3.8, 4) is 28.4 Å². The van der Waals surface area contributed by atoms with E-state index in [1.807, 2.05) is 6.07 Å². The van der Waals surface area contributed by atoms with Gasteiger partial charge in [-0.3, -0.25) is 10.1 Å². The Hall–Kier alpha value is -4.73. The lowest BCUT2D eigenvalue weighted by Crippen LogP contribution is -2.12. The highest BCUT2D eigenvalue weighted by molar-refractivity contribution is 6.34. The van der Waals surface area contributed by atoms with Crippen LogP contribution in [0.15, 0.2) is 85.1 Å². The molecule has 0 aliphatic heterocycles. The summed E-state index contributed by atoms with van der Waals surface area (Å²) in [6, 6.07) is 24.4. The van der Waals surface area contributed by atoms with Crippen molar-refractivity contribution >= 4 is 45.8 Å². The average Bonchev–Trinajstić information content (AvgIpc) is 3.58. The van der Waals surface area contributed by atoms with Gasteiger partial charge in [-0.2, -0.15) is 5.10 Å². The molecule has 192 valence electrons. The molecule has 1 amide bonds. The number of hydrogen-bond donors (Lipinski definition) is 2. The number of rotatable bonds is 6. The minimum Gasteiger partial charge on any atom is -0.453 e. The second kappa shape index (κ2) is 10.2. The third-order valence-electron chi connectivity index (χ3n) is 6.02. The Morgan fingerprint density at radius 3 is 2.41 bits per heavy atom. The summed E-state index contributed by atoms with van der Waals surface area (Å²) in [7, 11) is 0. The van der Waals surface area contributed by atoms with Gasteiger partial charge in [0.2, 0.25) is 5.95 Å². The Bertz CT molecular complexity index is 1800. The Morgan fingerprint density at radius 1 is 0.923 bits per heavy atom. The molecule has 0 aliphatic rings. The molecule has 2 aromatic heterocycles. The van der Waals surface area contributed by atoms with Crippen LogP contribution in [0.2, 0.25) is 10.0 Å². The number of amides is 1. The Kier molecular flexibility index (Phi) is 6.44. The van der Waals surface area contributed by atoms with E-state index in [1.165, 1.54) is 5.56 Å². The third-order valence-corrected chi connectivity index (χ3v) is 6.45. The number of carbonyl (C=O) groups is 1. The Morgan fingerprint density at radius 2 is 1.67 bits per heavy atom. The maximum Gasteiger partial charge on any atom is 0.258 e. The molecule has 0 bridgehead atoms. The summed E-state index contributed by atoms with van der Waals surface area (Å²) in [5, 5.41) is 23.4. The zero-order valence-corrected chi connectivity index (χ0v) is 21.9. The topological polar surface area (TPSA) is 111 Å². The van der Waals surface area contributed by atoms with Crippen LogP contribution in [0.25, 0.3) is 27.7 Å². The number of aromatic nitrogens is 6. The van der Waals surface area contributed by atoms with Crippen molar-refractivity contribution in [3.63, 3.8) is 0 Å². The number of benzene rings is 4. The SMILES string of the molecule is Cc1ccc2cc(-c3c(Oc4ccc(C(=O)Nc5nnn[nH]5)cc4)cnn3-c3cc(Cl)cc(Cl)c3)ccc2c1. The summed E-state index contributed by atoms with van der Waals surface area (Å²) in [5.41, 5.74) is 3.90. The van der Waals surface area contributed by atoms with Crippen LogP contribution in [-0.2, 0) is 0 Å². The van der Waals surface area contributed by atoms with Crippen LogP contribution in [0.5, 0.6) is 11.5 Å². The quantitative estimate of drug-likeness (QED) is 0.232. The van der Waals surface area contributed by atoms with Gasteiger partial charge in [0, 0.05) is 21.2 Å². The highest BCUT2D eigenvalue weighted by atomic mass is 35.5. The number of fused-ring (bicyclic) bond motifs is 1. The van der Waals surface area contributed by atoms with Gasteiger partial charge in [0.05, 0.1) is 11.9 Å². The van der Waals surface area contributed by atoms with E-state index >= 15 is 0 Å². The van der Waals surface area contributed by atoms with E-state index in [4.69, 9.17) is 27.9 Å². The maximum absolute atomic E-state index is 12.5. The van der Waals surface area contributed by atoms with E-state index in [1.54, 1.807) is 53.3 Å². The van der Waals surface area contributed by atoms with E-state index in [9.17, 15) is 4.79 Å². The number of anilines is 1. The largest absolute Gasteiger partial charge is 0.453 e. The van der Waals surface area contributed by atoms with Crippen molar-refractivity contribution in [2.24, 2.45) is 0 Å². The van der Waals surface area contributed by atoms with Gasteiger partial charge in [-0.1, -0.05) is 64.2 Å². The molecular formula is C28H19Cl2N7O2. The lowest BCUT2D eigenvalue weighted by molar-refractivity contribution is 0.102. The zero-order valence-electron chi connectivity index (χ0n) is 20.4. The van der Waals surface area contributed by atoms with Gasteiger partial charge >= 0.3 is 0 Å². The van der Waals surface area contributed by atoms with E-state index in [-0.39, 0.29) is 11.9 Å². The average molecular weight is 556 g/mol. The number of nitrogens with zero attached hydrogens (tertiary/aromatic N) is 5. The van der Waals surface area contributed by atoms with E-state index < -0.39 is 0 Å². The minimum absolute atomic E-state index is 0.157. The number of halogens is 2. The van der Waals surface area contributed by atoms with Gasteiger partial charge < -0.3 is 4.74 Å². The summed E-state index contributed by atoms with van der Waals surface area (Å²) >= 11 is 12.6. The smallest absolute Gasteiger partial charge is 0.258 e. The first kappa shape index (κ1) is 24.6. The summed E-state index contributed by atoms with van der Waals surface area (Å²) < 4.78 is 8.02. The molecule has 6 aromatic rings. The molecule has 6 rings (SSSR count). The molecule has 0 aliphatic carbocycles. The van der Waals surface area contributed by atoms with Crippen molar-refractivity contribution in [2.45, 2.75) is 6.92 Å². The van der Waals surface area contributed by atoms with Gasteiger partial charge in [0.15, 0.2) is 5.75 Å². The van der Waals surface area contributed by atoms with Crippen molar-refractivity contribution in [2.75, 3.05) is 5.32 Å². The fourth-order valence-corrected chi connectivity index (χ4v) is 4.75. The van der Waals surface area contributed by atoms with E-state index in [0.29, 0.717) is 32.8 Å². The Balaban J connectivity index is 1.38. The second-order valence-corrected chi connectivity index (χ2v) is 9.67. The van der Waals surface area contributed by atoms with Crippen molar-refractivity contribution in [1.29, 1.82) is 0 Å². The predicted octanol–water partition coefficient (Wildman–Crippen LogP) is 6.87. The van der Waals surface area contributed by atoms with Crippen molar-refractivity contribution < 1.29 is 9.53 Å². The molecule has 0 saturated carbocycles. The highest BCUT2D eigenvalue weighted by Crippen LogP contribution is 2.37. The number of aryl methyl sites for hydroxylation is 1. The first-order chi connectivity index (χ1) is 18.9. The van der Waals surface area contributed by atoms with Crippen LogP contribution >= 0.6 is 23.2 Å². The van der Waals surface area contributed by atoms with Gasteiger partial charge in [-0.15, -0.1) is 0 Å². The van der Waals surface area contributed by atoms with Crippen LogP contribution in [0.3, 0.4) is 0 Å². The van der Waals surface area contributed by atoms with Crippen LogP contribution in [0, 0.1) is 6.92 Å². The molecular weight excluding hydrogens is 537 g/mol. The number of aromatic amines is 1. The molecule has 2 heterocycles. The van der Waals surface area contributed by atoms with Gasteiger partial charge in [0.25, 0.3) is 5.91 Å². The van der Waals surface area contributed by atoms with Crippen LogP contribution in [0.1, 0.15) is 15.9 Å². The molecule has 0 unspecified atom stereocenters. The number of nitrogens with one attached hydrogen (secondary N) is 2. The summed E-state index contributed by atoms with van der Waals surface area (Å²) in [6.45, 7) is 2.07. The fourth-order valence-electron chi connectivity index (χ4n) is 4.24. The standard InChI is InChI=1S/C28H19Cl2N7O2/c1-16-2-3-19-11-20(5-4-18(19)10-16)26-25(15-31-37(26)23-13-21(29)12-22(30)14-23)39-24-8-6-17(7-9-24)27(38)32-28-33-35-36-34-28/h2-15H,1H3,(H2,32,33,34,35,36,38). The summed E-state index contributed by atoms with van der Waals surface area (Å²) in [6.07, 6.45) is 1.64. The predicted molar refractivity (Wildman–Crippen MR) is 150 cm³/mol. The van der Waals surface area contributed by atoms with Crippen LogP contribution in [-0.4, -0.2) is 36.3 Å². The molecule has 0 radical (unpaired) electrons. The molecule has 2 N–H and O–H groups in total. The van der Waals surface area contributed by atoms with E-state index in [2.05, 4.69) is 68.3 Å². The normalized spacial score (nSPS) is 11.1. The van der Waals surface area contributed by atoms with E-state index in [0.717, 1.165) is 22.0 Å². The number of H-pyrrole nitrogens is 1. The molecule has 0 spiro atoms. The van der Waals surface area contributed by atoms with Crippen molar-refractivity contribution in [3.05, 3.63) is 106 Å². The second-order valence-electron chi connectivity index (χ2n) is 8.79. The summed E-state index contributed by atoms with van der Waals surface area (Å²) in [5.74, 6) is 0.832. The van der Waals surface area contributed by atoms with Gasteiger partial charge in [0.1, 0.15) is 11.4 Å². The number of carbonyl (C=O) groups excluding carboxylic acids is 1. The first-order valence-electron chi connectivity index (χ1n) is 11.8. The molecule has 9 nitrogen and oxygen atoms in total. The molecule has 11 heteroatoms. The summed E-state index contributed by atoms with van der Waals surface area (Å²) in [4.78, 5) is 12.5. The number of ether oxygens (including phenoxy) is 1. The minimum atomic E-state index is -0.363. The maximum atomic E-state index is 12.5. The number of hydrogen-bond acceptors (Lipinski definition) is 6. The zero-order chi connectivity index (χ0) is 26.9. The molecule has 4 aromatic carbocycles. The lowest BCUT2D eigenvalue weighted by atomic mass is 10.0. The Labute approximate surface area is 232 Å². The fraction of sp³-hybridized carbons (Fsp3) is 0.0357. The molecule has 0 atom stereocenters. The highest BCUT2D eigenvalue weighted by Gasteiger charge is 2.18. The van der Waals surface area contributed by atoms with Crippen molar-refractivity contribution in [1.82, 2.24) is 30.4 Å². The monoisotopic (exact) mass is 555 g/mol. The van der Waals surface area contributed by atoms with Gasteiger partial charge in [-0.05, 0) is 76.7 Å². The molecule has 39 heavy (non-hydrogen) atoms. The van der Waals surface area contributed by atoms with Crippen LogP contribution < -0.4 is 10.1 Å². The van der Waals surface area contributed by atoms with Crippen LogP contribution in [0.4, 0.5) is 5.95 Å². The molecule has 0 fully saturated rings. The molecule has 0 saturated heterocycles. The van der Waals surface area contributed by atoms with Gasteiger partial charge in [-0.25, -0.2) is 9.78 Å². The number of tetrazole rings is 1. The lowest BCUT2D eigenvalue weighted by Gasteiger charge is -2.13. The first-order valence-corrected chi connectivity index (χ1v) is 12.6. The third kappa shape index (κ3) is 5.18.